The fourth-order valence-corrected chi connectivity index (χ4v) is 4.19. The number of halogens is 2. The number of amides is 1. The number of rotatable bonds is 1. The van der Waals surface area contributed by atoms with Crippen molar-refractivity contribution >= 4 is 33.4 Å². The smallest absolute Gasteiger partial charge is 0.255 e. The molecule has 2 bridgehead atoms. The number of pyridine rings is 1. The molecule has 0 spiro atoms. The highest BCUT2D eigenvalue weighted by Crippen LogP contribution is 2.39. The van der Waals surface area contributed by atoms with Crippen LogP contribution in [0.15, 0.2) is 18.5 Å². The Balaban J connectivity index is 1.88. The van der Waals surface area contributed by atoms with Gasteiger partial charge < -0.3 is 4.90 Å². The lowest BCUT2D eigenvalue weighted by molar-refractivity contribution is 0.0603. The van der Waals surface area contributed by atoms with Gasteiger partial charge in [0.15, 0.2) is 0 Å². The molecular weight excluding hydrogens is 316 g/mol. The average Bonchev–Trinajstić information content (AvgIpc) is 2.61. The first-order valence-electron chi connectivity index (χ1n) is 6.23. The third-order valence-corrected chi connectivity index (χ3v) is 4.96. The van der Waals surface area contributed by atoms with Gasteiger partial charge in [-0.3, -0.25) is 9.78 Å². The number of alkyl halides is 1. The van der Waals surface area contributed by atoms with Crippen LogP contribution >= 0.6 is 27.5 Å². The molecule has 2 aliphatic rings. The van der Waals surface area contributed by atoms with Gasteiger partial charge in [-0.1, -0.05) is 27.5 Å². The van der Waals surface area contributed by atoms with Crippen LogP contribution in [0.2, 0.25) is 5.02 Å². The summed E-state index contributed by atoms with van der Waals surface area (Å²) >= 11 is 9.75. The van der Waals surface area contributed by atoms with Crippen LogP contribution in [0.5, 0.6) is 0 Å². The number of carbonyl (C=O) groups excluding carboxylic acids is 1. The van der Waals surface area contributed by atoms with Crippen LogP contribution in [0.1, 0.15) is 36.0 Å². The molecule has 3 nitrogen and oxygen atoms in total. The van der Waals surface area contributed by atoms with E-state index in [0.29, 0.717) is 27.5 Å². The first-order chi connectivity index (χ1) is 8.66. The summed E-state index contributed by atoms with van der Waals surface area (Å²) in [6.07, 6.45) is 7.48. The Morgan fingerprint density at radius 3 is 2.67 bits per heavy atom. The van der Waals surface area contributed by atoms with Gasteiger partial charge in [0.1, 0.15) is 0 Å². The van der Waals surface area contributed by atoms with E-state index in [1.807, 2.05) is 4.90 Å². The van der Waals surface area contributed by atoms with E-state index in [1.165, 1.54) is 6.20 Å². The summed E-state index contributed by atoms with van der Waals surface area (Å²) in [7, 11) is 0. The van der Waals surface area contributed by atoms with E-state index in [0.717, 1.165) is 25.7 Å². The van der Waals surface area contributed by atoms with Crippen molar-refractivity contribution in [1.82, 2.24) is 9.88 Å². The Labute approximate surface area is 120 Å². The van der Waals surface area contributed by atoms with Crippen LogP contribution in [0.3, 0.4) is 0 Å². The molecule has 2 aliphatic heterocycles. The van der Waals surface area contributed by atoms with Crippen LogP contribution in [0.4, 0.5) is 0 Å². The largest absolute Gasteiger partial charge is 0.333 e. The molecule has 0 aromatic carbocycles. The molecule has 0 N–H and O–H groups in total. The SMILES string of the molecule is O=C(c1ccncc1Cl)N1C2CCC1CC(Br)C2. The highest BCUT2D eigenvalue weighted by Gasteiger charge is 2.42. The minimum atomic E-state index is 0.0642. The maximum Gasteiger partial charge on any atom is 0.255 e. The molecule has 1 amide bonds. The molecule has 1 aromatic heterocycles. The zero-order valence-electron chi connectivity index (χ0n) is 9.85. The van der Waals surface area contributed by atoms with Crippen molar-refractivity contribution in [2.24, 2.45) is 0 Å². The second-order valence-electron chi connectivity index (χ2n) is 5.02. The number of nitrogens with zero attached hydrogens (tertiary/aromatic N) is 2. The van der Waals surface area contributed by atoms with E-state index >= 15 is 0 Å². The Bertz CT molecular complexity index is 468. The third kappa shape index (κ3) is 2.05. The van der Waals surface area contributed by atoms with Crippen molar-refractivity contribution in [3.05, 3.63) is 29.0 Å². The van der Waals surface area contributed by atoms with E-state index in [4.69, 9.17) is 11.6 Å². The molecule has 2 fully saturated rings. The average molecular weight is 330 g/mol. The van der Waals surface area contributed by atoms with Gasteiger partial charge in [0.2, 0.25) is 0 Å². The fourth-order valence-electron chi connectivity index (χ4n) is 3.13. The highest BCUT2D eigenvalue weighted by molar-refractivity contribution is 9.09. The number of hydrogen-bond acceptors (Lipinski definition) is 2. The monoisotopic (exact) mass is 328 g/mol. The Hall–Kier alpha value is -0.610. The topological polar surface area (TPSA) is 33.2 Å². The van der Waals surface area contributed by atoms with Gasteiger partial charge >= 0.3 is 0 Å². The molecule has 0 saturated carbocycles. The van der Waals surface area contributed by atoms with E-state index in [2.05, 4.69) is 20.9 Å². The lowest BCUT2D eigenvalue weighted by Gasteiger charge is -2.37. The number of aromatic nitrogens is 1. The summed E-state index contributed by atoms with van der Waals surface area (Å²) in [6, 6.07) is 2.44. The van der Waals surface area contributed by atoms with E-state index in [-0.39, 0.29) is 5.91 Å². The molecule has 2 unspecified atom stereocenters. The third-order valence-electron chi connectivity index (χ3n) is 3.91. The minimum absolute atomic E-state index is 0.0642. The van der Waals surface area contributed by atoms with Crippen LogP contribution in [0, 0.1) is 0 Å². The van der Waals surface area contributed by atoms with Crippen LogP contribution in [-0.4, -0.2) is 32.7 Å². The zero-order chi connectivity index (χ0) is 12.7. The van der Waals surface area contributed by atoms with Crippen LogP contribution < -0.4 is 0 Å². The molecule has 1 aromatic rings. The predicted molar refractivity (Wildman–Crippen MR) is 74.2 cm³/mol. The normalized spacial score (nSPS) is 30.6. The maximum atomic E-state index is 12.6. The molecule has 2 atom stereocenters. The molecule has 96 valence electrons. The molecular formula is C13H14BrClN2O. The van der Waals surface area contributed by atoms with Crippen molar-refractivity contribution < 1.29 is 4.79 Å². The van der Waals surface area contributed by atoms with Crippen molar-refractivity contribution in [3.8, 4) is 0 Å². The Morgan fingerprint density at radius 2 is 2.06 bits per heavy atom. The number of hydrogen-bond donors (Lipinski definition) is 0. The van der Waals surface area contributed by atoms with Crippen LogP contribution in [-0.2, 0) is 0 Å². The molecule has 3 heterocycles. The van der Waals surface area contributed by atoms with Gasteiger partial charge in [0.05, 0.1) is 10.6 Å². The molecule has 5 heteroatoms. The summed E-state index contributed by atoms with van der Waals surface area (Å²) < 4.78 is 0. The zero-order valence-corrected chi connectivity index (χ0v) is 12.2. The predicted octanol–water partition coefficient (Wildman–Crippen LogP) is 3.27. The van der Waals surface area contributed by atoms with Gasteiger partial charge in [-0.25, -0.2) is 0 Å². The summed E-state index contributed by atoms with van der Waals surface area (Å²) in [4.78, 5) is 19.1. The van der Waals surface area contributed by atoms with Gasteiger partial charge in [-0.05, 0) is 31.7 Å². The molecule has 3 rings (SSSR count). The van der Waals surface area contributed by atoms with E-state index < -0.39 is 0 Å². The Kier molecular flexibility index (Phi) is 3.32. The van der Waals surface area contributed by atoms with Gasteiger partial charge in [0, 0.05) is 29.3 Å². The van der Waals surface area contributed by atoms with Gasteiger partial charge in [-0.2, -0.15) is 0 Å². The second kappa shape index (κ2) is 4.82. The first-order valence-corrected chi connectivity index (χ1v) is 7.52. The van der Waals surface area contributed by atoms with E-state index in [1.54, 1.807) is 12.3 Å². The molecule has 2 saturated heterocycles. The quantitative estimate of drug-likeness (QED) is 0.741. The molecule has 0 aliphatic carbocycles. The number of piperidine rings is 1. The lowest BCUT2D eigenvalue weighted by Crippen LogP contribution is -2.46. The fraction of sp³-hybridized carbons (Fsp3) is 0.538. The summed E-state index contributed by atoms with van der Waals surface area (Å²) in [6.45, 7) is 0. The van der Waals surface area contributed by atoms with Crippen LogP contribution in [0.25, 0.3) is 0 Å². The standard InChI is InChI=1S/C13H14BrClN2O/c14-8-5-9-1-2-10(6-8)17(9)13(18)11-3-4-16-7-12(11)15/h3-4,7-10H,1-2,5-6H2. The first kappa shape index (κ1) is 12.4. The van der Waals surface area contributed by atoms with Crippen molar-refractivity contribution in [2.45, 2.75) is 42.6 Å². The second-order valence-corrected chi connectivity index (χ2v) is 6.72. The van der Waals surface area contributed by atoms with Gasteiger partial charge in [-0.15, -0.1) is 0 Å². The highest BCUT2D eigenvalue weighted by atomic mass is 79.9. The summed E-state index contributed by atoms with van der Waals surface area (Å²) in [5.74, 6) is 0.0642. The molecule has 0 radical (unpaired) electrons. The Morgan fingerprint density at radius 1 is 1.39 bits per heavy atom. The van der Waals surface area contributed by atoms with Crippen molar-refractivity contribution in [3.63, 3.8) is 0 Å². The summed E-state index contributed by atoms with van der Waals surface area (Å²) in [5, 5.41) is 0.447. The maximum absolute atomic E-state index is 12.6. The minimum Gasteiger partial charge on any atom is -0.333 e. The lowest BCUT2D eigenvalue weighted by atomic mass is 10.0. The van der Waals surface area contributed by atoms with E-state index in [9.17, 15) is 4.79 Å². The van der Waals surface area contributed by atoms with Gasteiger partial charge in [0.25, 0.3) is 5.91 Å². The number of carbonyl (C=O) groups is 1. The van der Waals surface area contributed by atoms with Crippen molar-refractivity contribution in [1.29, 1.82) is 0 Å². The summed E-state index contributed by atoms with van der Waals surface area (Å²) in [5.41, 5.74) is 0.580. The number of fused-ring (bicyclic) bond motifs is 2. The van der Waals surface area contributed by atoms with Crippen molar-refractivity contribution in [2.75, 3.05) is 0 Å². The molecule has 18 heavy (non-hydrogen) atoms.